The summed E-state index contributed by atoms with van der Waals surface area (Å²) >= 11 is 0. The Morgan fingerprint density at radius 1 is 0.381 bits per heavy atom. The summed E-state index contributed by atoms with van der Waals surface area (Å²) in [5.41, 5.74) is 21.1. The van der Waals surface area contributed by atoms with E-state index in [9.17, 15) is 0 Å². The average Bonchev–Trinajstić information content (AvgIpc) is 2.51. The van der Waals surface area contributed by atoms with Gasteiger partial charge in [0.05, 0.1) is 0 Å². The molecule has 0 saturated carbocycles. The van der Waals surface area contributed by atoms with Crippen molar-refractivity contribution in [2.45, 2.75) is 6.42 Å². The SMILES string of the molecule is NCCNCCCNCCN.NCCNCCNCCN. The van der Waals surface area contributed by atoms with E-state index in [1.165, 1.54) is 0 Å². The van der Waals surface area contributed by atoms with Crippen LogP contribution in [-0.4, -0.2) is 78.5 Å². The summed E-state index contributed by atoms with van der Waals surface area (Å²) in [5, 5.41) is 12.8. The van der Waals surface area contributed by atoms with Crippen LogP contribution in [0.3, 0.4) is 0 Å². The summed E-state index contributed by atoms with van der Waals surface area (Å²) in [6.45, 7) is 10.5. The molecule has 0 aromatic carbocycles. The van der Waals surface area contributed by atoms with Gasteiger partial charge in [-0.2, -0.15) is 0 Å². The van der Waals surface area contributed by atoms with Crippen LogP contribution in [0.4, 0.5) is 0 Å². The second kappa shape index (κ2) is 24.7. The molecule has 0 unspecified atom stereocenters. The molecule has 130 valence electrons. The number of nitrogens with two attached hydrogens (primary N) is 4. The maximum absolute atomic E-state index is 5.30. The van der Waals surface area contributed by atoms with Crippen LogP contribution in [-0.2, 0) is 0 Å². The first-order valence-electron chi connectivity index (χ1n) is 7.96. The lowest BCUT2D eigenvalue weighted by Gasteiger charge is -2.03. The van der Waals surface area contributed by atoms with E-state index in [1.807, 2.05) is 0 Å². The van der Waals surface area contributed by atoms with Gasteiger partial charge in [-0.25, -0.2) is 0 Å². The minimum absolute atomic E-state index is 0.705. The molecule has 0 spiro atoms. The van der Waals surface area contributed by atoms with Crippen LogP contribution < -0.4 is 44.2 Å². The highest BCUT2D eigenvalue weighted by atomic mass is 14.9. The molecule has 8 heteroatoms. The first kappa shape index (κ1) is 23.0. The number of hydrogen-bond acceptors (Lipinski definition) is 8. The summed E-state index contributed by atoms with van der Waals surface area (Å²) in [5.74, 6) is 0. The van der Waals surface area contributed by atoms with E-state index in [0.717, 1.165) is 71.9 Å². The minimum atomic E-state index is 0.705. The van der Waals surface area contributed by atoms with Crippen molar-refractivity contribution in [1.82, 2.24) is 21.3 Å². The molecular weight excluding hydrogens is 268 g/mol. The smallest absolute Gasteiger partial charge is 0.00772 e. The van der Waals surface area contributed by atoms with Gasteiger partial charge < -0.3 is 44.2 Å². The molecule has 8 nitrogen and oxygen atoms in total. The van der Waals surface area contributed by atoms with E-state index >= 15 is 0 Å². The molecule has 0 radical (unpaired) electrons. The predicted molar refractivity (Wildman–Crippen MR) is 92.3 cm³/mol. The standard InChI is InChI=1S/C7H20N4.C6H18N4/c8-2-6-10-4-1-5-11-7-3-9;7-1-3-9-5-6-10-4-2-8/h10-11H,1-9H2;9-10H,1-8H2. The third kappa shape index (κ3) is 28.5. The third-order valence-corrected chi connectivity index (χ3v) is 2.47. The first-order valence-corrected chi connectivity index (χ1v) is 7.96. The Bertz CT molecular complexity index is 143. The van der Waals surface area contributed by atoms with Crippen molar-refractivity contribution in [1.29, 1.82) is 0 Å². The maximum atomic E-state index is 5.30. The summed E-state index contributed by atoms with van der Waals surface area (Å²) in [6, 6.07) is 0. The molecule has 0 rings (SSSR count). The van der Waals surface area contributed by atoms with Gasteiger partial charge in [-0.1, -0.05) is 0 Å². The van der Waals surface area contributed by atoms with Crippen molar-refractivity contribution >= 4 is 0 Å². The fourth-order valence-electron chi connectivity index (χ4n) is 1.42. The van der Waals surface area contributed by atoms with Gasteiger partial charge in [0.2, 0.25) is 0 Å². The predicted octanol–water partition coefficient (Wildman–Crippen LogP) is -3.44. The van der Waals surface area contributed by atoms with Crippen molar-refractivity contribution in [3.8, 4) is 0 Å². The molecular formula is C13H38N8. The van der Waals surface area contributed by atoms with Crippen molar-refractivity contribution in [2.75, 3.05) is 78.5 Å². The van der Waals surface area contributed by atoms with E-state index in [0.29, 0.717) is 13.1 Å². The zero-order chi connectivity index (χ0) is 16.0. The van der Waals surface area contributed by atoms with Crippen LogP contribution in [0.1, 0.15) is 6.42 Å². The Kier molecular flexibility index (Phi) is 27.0. The van der Waals surface area contributed by atoms with Gasteiger partial charge in [-0.3, -0.25) is 0 Å². The van der Waals surface area contributed by atoms with E-state index in [4.69, 9.17) is 22.9 Å². The lowest BCUT2D eigenvalue weighted by atomic mass is 10.4. The second-order valence-electron chi connectivity index (χ2n) is 4.51. The molecule has 0 aliphatic rings. The normalized spacial score (nSPS) is 10.3. The number of hydrogen-bond donors (Lipinski definition) is 8. The largest absolute Gasteiger partial charge is 0.329 e. The Morgan fingerprint density at radius 2 is 0.667 bits per heavy atom. The lowest BCUT2D eigenvalue weighted by Crippen LogP contribution is -2.32. The molecule has 0 aromatic heterocycles. The number of nitrogens with one attached hydrogen (secondary N) is 4. The maximum Gasteiger partial charge on any atom is 0.00772 e. The number of rotatable bonds is 15. The fourth-order valence-corrected chi connectivity index (χ4v) is 1.42. The quantitative estimate of drug-likeness (QED) is 0.145. The van der Waals surface area contributed by atoms with Crippen molar-refractivity contribution in [3.63, 3.8) is 0 Å². The van der Waals surface area contributed by atoms with Crippen LogP contribution in [0.15, 0.2) is 0 Å². The summed E-state index contributed by atoms with van der Waals surface area (Å²) in [7, 11) is 0. The fraction of sp³-hybridized carbons (Fsp3) is 1.00. The summed E-state index contributed by atoms with van der Waals surface area (Å²) in [4.78, 5) is 0. The third-order valence-electron chi connectivity index (χ3n) is 2.47. The van der Waals surface area contributed by atoms with Gasteiger partial charge in [0, 0.05) is 65.4 Å². The van der Waals surface area contributed by atoms with E-state index in [2.05, 4.69) is 21.3 Å². The van der Waals surface area contributed by atoms with E-state index < -0.39 is 0 Å². The Hall–Kier alpha value is -0.320. The van der Waals surface area contributed by atoms with Crippen molar-refractivity contribution in [3.05, 3.63) is 0 Å². The van der Waals surface area contributed by atoms with Gasteiger partial charge in [0.15, 0.2) is 0 Å². The summed E-state index contributed by atoms with van der Waals surface area (Å²) < 4.78 is 0. The topological polar surface area (TPSA) is 152 Å². The summed E-state index contributed by atoms with van der Waals surface area (Å²) in [6.07, 6.45) is 1.14. The molecule has 0 aliphatic heterocycles. The van der Waals surface area contributed by atoms with Gasteiger partial charge in [0.1, 0.15) is 0 Å². The van der Waals surface area contributed by atoms with Gasteiger partial charge in [0.25, 0.3) is 0 Å². The van der Waals surface area contributed by atoms with Crippen molar-refractivity contribution in [2.24, 2.45) is 22.9 Å². The molecule has 12 N–H and O–H groups in total. The Morgan fingerprint density at radius 3 is 0.952 bits per heavy atom. The zero-order valence-corrected chi connectivity index (χ0v) is 13.5. The molecule has 0 heterocycles. The van der Waals surface area contributed by atoms with Crippen molar-refractivity contribution < 1.29 is 0 Å². The molecule has 0 fully saturated rings. The molecule has 0 bridgehead atoms. The van der Waals surface area contributed by atoms with E-state index in [1.54, 1.807) is 0 Å². The molecule has 0 saturated heterocycles. The molecule has 0 aromatic rings. The molecule has 0 amide bonds. The highest BCUT2D eigenvalue weighted by Gasteiger charge is 1.86. The highest BCUT2D eigenvalue weighted by molar-refractivity contribution is 4.52. The van der Waals surface area contributed by atoms with E-state index in [-0.39, 0.29) is 0 Å². The van der Waals surface area contributed by atoms with Gasteiger partial charge in [-0.15, -0.1) is 0 Å². The first-order chi connectivity index (χ1) is 10.3. The average molecular weight is 307 g/mol. The van der Waals surface area contributed by atoms with Gasteiger partial charge in [-0.05, 0) is 19.5 Å². The minimum Gasteiger partial charge on any atom is -0.329 e. The van der Waals surface area contributed by atoms with Crippen LogP contribution in [0, 0.1) is 0 Å². The zero-order valence-electron chi connectivity index (χ0n) is 13.5. The lowest BCUT2D eigenvalue weighted by molar-refractivity contribution is 0.602. The monoisotopic (exact) mass is 306 g/mol. The van der Waals surface area contributed by atoms with Gasteiger partial charge >= 0.3 is 0 Å². The van der Waals surface area contributed by atoms with Crippen LogP contribution in [0.25, 0.3) is 0 Å². The van der Waals surface area contributed by atoms with Crippen LogP contribution >= 0.6 is 0 Å². The Labute approximate surface area is 130 Å². The van der Waals surface area contributed by atoms with Crippen LogP contribution in [0.5, 0.6) is 0 Å². The molecule has 0 aliphatic carbocycles. The Balaban J connectivity index is 0. The van der Waals surface area contributed by atoms with Crippen LogP contribution in [0.2, 0.25) is 0 Å². The molecule has 0 atom stereocenters. The highest BCUT2D eigenvalue weighted by Crippen LogP contribution is 1.71. The molecule has 21 heavy (non-hydrogen) atoms. The second-order valence-corrected chi connectivity index (χ2v) is 4.51.